The normalized spacial score (nSPS) is 23.5. The summed E-state index contributed by atoms with van der Waals surface area (Å²) in [5, 5.41) is 4.40. The predicted molar refractivity (Wildman–Crippen MR) is 95.5 cm³/mol. The van der Waals surface area contributed by atoms with Crippen molar-refractivity contribution in [3.63, 3.8) is 0 Å². The zero-order valence-corrected chi connectivity index (χ0v) is 15.2. The molecule has 0 saturated heterocycles. The van der Waals surface area contributed by atoms with Gasteiger partial charge >= 0.3 is 5.97 Å². The molecular formula is C17H16FNO4S2. The first-order valence-electron chi connectivity index (χ1n) is 7.37. The second-order valence-corrected chi connectivity index (χ2v) is 8.55. The summed E-state index contributed by atoms with van der Waals surface area (Å²) in [5.74, 6) is -1.69. The van der Waals surface area contributed by atoms with E-state index in [0.717, 1.165) is 27.8 Å². The predicted octanol–water partition coefficient (Wildman–Crippen LogP) is 2.70. The van der Waals surface area contributed by atoms with Crippen LogP contribution in [0, 0.1) is 6.92 Å². The van der Waals surface area contributed by atoms with E-state index in [1.165, 1.54) is 24.5 Å². The third-order valence-electron chi connectivity index (χ3n) is 4.27. The van der Waals surface area contributed by atoms with Crippen molar-refractivity contribution in [1.82, 2.24) is 0 Å². The minimum absolute atomic E-state index is 0.583. The van der Waals surface area contributed by atoms with Crippen molar-refractivity contribution in [3.8, 4) is 0 Å². The number of hydrogen-bond donors (Lipinski definition) is 1. The highest BCUT2D eigenvalue weighted by atomic mass is 32.2. The van der Waals surface area contributed by atoms with Crippen molar-refractivity contribution >= 4 is 37.4 Å². The van der Waals surface area contributed by atoms with Crippen LogP contribution in [-0.2, 0) is 25.0 Å². The smallest absolute Gasteiger partial charge is 0.325 e. The van der Waals surface area contributed by atoms with Crippen molar-refractivity contribution in [3.05, 3.63) is 58.8 Å². The highest BCUT2D eigenvalue weighted by Crippen LogP contribution is 2.44. The first-order valence-corrected chi connectivity index (χ1v) is 9.79. The highest BCUT2D eigenvalue weighted by Gasteiger charge is 2.45. The average Bonchev–Trinajstić information content (AvgIpc) is 2.90. The molecule has 1 aromatic heterocycles. The fourth-order valence-corrected chi connectivity index (χ4v) is 5.06. The van der Waals surface area contributed by atoms with E-state index in [-0.39, 0.29) is 0 Å². The van der Waals surface area contributed by atoms with Gasteiger partial charge in [0.25, 0.3) is 0 Å². The number of nitrogens with two attached hydrogens (primary N) is 1. The zero-order valence-electron chi connectivity index (χ0n) is 13.5. The number of methoxy groups -OCH3 is 1. The van der Waals surface area contributed by atoms with Crippen LogP contribution in [0.25, 0.3) is 10.1 Å². The number of carbonyl (C=O) groups is 1. The van der Waals surface area contributed by atoms with Gasteiger partial charge in [0.2, 0.25) is 10.0 Å². The number of benzene rings is 1. The molecule has 2 atom stereocenters. The van der Waals surface area contributed by atoms with Crippen molar-refractivity contribution in [1.29, 1.82) is 0 Å². The van der Waals surface area contributed by atoms with E-state index in [9.17, 15) is 17.6 Å². The van der Waals surface area contributed by atoms with E-state index in [1.807, 2.05) is 31.2 Å². The number of primary sulfonamides is 1. The minimum atomic E-state index is -4.15. The fraction of sp³-hybridized carbons (Fsp3) is 0.235. The molecule has 132 valence electrons. The Hall–Kier alpha value is -2.03. The maximum atomic E-state index is 14.6. The molecule has 0 fully saturated rings. The molecule has 3 rings (SSSR count). The number of thiophene rings is 1. The van der Waals surface area contributed by atoms with Gasteiger partial charge in [-0.1, -0.05) is 30.4 Å². The van der Waals surface area contributed by atoms with E-state index >= 15 is 0 Å². The number of halogens is 1. The van der Waals surface area contributed by atoms with Gasteiger partial charge in [-0.25, -0.2) is 17.9 Å². The molecule has 2 aromatic rings. The molecule has 0 saturated carbocycles. The van der Waals surface area contributed by atoms with Gasteiger partial charge < -0.3 is 4.74 Å². The van der Waals surface area contributed by atoms with Crippen LogP contribution in [0.3, 0.4) is 0 Å². The quantitative estimate of drug-likeness (QED) is 0.654. The number of hydrogen-bond acceptors (Lipinski definition) is 5. The second kappa shape index (κ2) is 6.05. The second-order valence-electron chi connectivity index (χ2n) is 5.81. The molecule has 1 aliphatic rings. The molecule has 1 heterocycles. The van der Waals surface area contributed by atoms with Crippen molar-refractivity contribution in [2.24, 2.45) is 5.14 Å². The van der Waals surface area contributed by atoms with Gasteiger partial charge in [0, 0.05) is 9.58 Å². The third kappa shape index (κ3) is 2.80. The number of carbonyl (C=O) groups excluding carboxylic acids is 1. The maximum absolute atomic E-state index is 14.6. The van der Waals surface area contributed by atoms with Crippen LogP contribution in [0.5, 0.6) is 0 Å². The van der Waals surface area contributed by atoms with E-state index in [4.69, 9.17) is 9.88 Å². The Bertz CT molecular complexity index is 1020. The third-order valence-corrected chi connectivity index (χ3v) is 6.78. The summed E-state index contributed by atoms with van der Waals surface area (Å²) in [7, 11) is -2.95. The Kier molecular flexibility index (Phi) is 4.30. The summed E-state index contributed by atoms with van der Waals surface area (Å²) < 4.78 is 43.4. The summed E-state index contributed by atoms with van der Waals surface area (Å²) in [5.41, 5.74) is -0.706. The standard InChI is InChI=1S/C17H16FNO4S2/c1-10-11-5-3-4-6-13(11)24-15(10)17(16(20)23-2)8-7-14(12(18)9-17)25(19,21)22/h3-9,14H,1-2H3,(H2,19,21,22). The molecule has 1 aliphatic carbocycles. The molecule has 5 nitrogen and oxygen atoms in total. The number of esters is 1. The van der Waals surface area contributed by atoms with Gasteiger partial charge in [0.15, 0.2) is 0 Å². The van der Waals surface area contributed by atoms with E-state index in [2.05, 4.69) is 0 Å². The molecule has 0 amide bonds. The molecule has 25 heavy (non-hydrogen) atoms. The average molecular weight is 381 g/mol. The van der Waals surface area contributed by atoms with Gasteiger partial charge in [-0.3, -0.25) is 4.79 Å². The van der Waals surface area contributed by atoms with E-state index in [0.29, 0.717) is 4.88 Å². The maximum Gasteiger partial charge on any atom is 0.325 e. The van der Waals surface area contributed by atoms with Gasteiger partial charge in [-0.05, 0) is 30.0 Å². The van der Waals surface area contributed by atoms with Crippen LogP contribution in [0.4, 0.5) is 4.39 Å². The van der Waals surface area contributed by atoms with Gasteiger partial charge in [0.05, 0.1) is 7.11 Å². The molecule has 8 heteroatoms. The Labute approximate surface area is 148 Å². The molecule has 0 bridgehead atoms. The summed E-state index contributed by atoms with van der Waals surface area (Å²) in [6, 6.07) is 7.56. The Morgan fingerprint density at radius 2 is 2.04 bits per heavy atom. The lowest BCUT2D eigenvalue weighted by Crippen LogP contribution is -2.38. The number of aryl methyl sites for hydroxylation is 1. The Morgan fingerprint density at radius 1 is 1.36 bits per heavy atom. The molecule has 2 unspecified atom stereocenters. The summed E-state index contributed by atoms with van der Waals surface area (Å²) in [6.07, 6.45) is 3.45. The fourth-order valence-electron chi connectivity index (χ4n) is 3.04. The Morgan fingerprint density at radius 3 is 2.60 bits per heavy atom. The van der Waals surface area contributed by atoms with Crippen LogP contribution in [0.15, 0.2) is 48.3 Å². The molecule has 0 radical (unpaired) electrons. The number of rotatable bonds is 3. The van der Waals surface area contributed by atoms with E-state index < -0.39 is 32.5 Å². The first-order chi connectivity index (χ1) is 11.7. The molecule has 1 aromatic carbocycles. The van der Waals surface area contributed by atoms with Gasteiger partial charge in [-0.2, -0.15) is 0 Å². The molecule has 0 aliphatic heterocycles. The van der Waals surface area contributed by atoms with Gasteiger partial charge in [0.1, 0.15) is 16.5 Å². The molecular weight excluding hydrogens is 365 g/mol. The topological polar surface area (TPSA) is 86.5 Å². The van der Waals surface area contributed by atoms with Crippen LogP contribution in [0.1, 0.15) is 10.4 Å². The lowest BCUT2D eigenvalue weighted by atomic mass is 9.80. The lowest BCUT2D eigenvalue weighted by molar-refractivity contribution is -0.143. The van der Waals surface area contributed by atoms with Gasteiger partial charge in [-0.15, -0.1) is 11.3 Å². The minimum Gasteiger partial charge on any atom is -0.468 e. The SMILES string of the molecule is COC(=O)C1(c2sc3ccccc3c2C)C=CC(S(N)(=O)=O)C(F)=C1. The largest absolute Gasteiger partial charge is 0.468 e. The van der Waals surface area contributed by atoms with Crippen LogP contribution < -0.4 is 5.14 Å². The van der Waals surface area contributed by atoms with Crippen LogP contribution in [-0.4, -0.2) is 26.7 Å². The molecule has 0 spiro atoms. The van der Waals surface area contributed by atoms with Crippen molar-refractivity contribution in [2.45, 2.75) is 17.6 Å². The number of sulfonamides is 1. The van der Waals surface area contributed by atoms with Crippen LogP contribution >= 0.6 is 11.3 Å². The summed E-state index contributed by atoms with van der Waals surface area (Å²) >= 11 is 1.34. The summed E-state index contributed by atoms with van der Waals surface area (Å²) in [4.78, 5) is 13.1. The number of ether oxygens (including phenoxy) is 1. The van der Waals surface area contributed by atoms with E-state index in [1.54, 1.807) is 0 Å². The highest BCUT2D eigenvalue weighted by molar-refractivity contribution is 7.90. The number of fused-ring (bicyclic) bond motifs is 1. The van der Waals surface area contributed by atoms with Crippen molar-refractivity contribution in [2.75, 3.05) is 7.11 Å². The zero-order chi connectivity index (χ0) is 18.4. The first kappa shape index (κ1) is 17.8. The van der Waals surface area contributed by atoms with Crippen molar-refractivity contribution < 1.29 is 22.3 Å². The van der Waals surface area contributed by atoms with Crippen LogP contribution in [0.2, 0.25) is 0 Å². The monoisotopic (exact) mass is 381 g/mol. The molecule has 2 N–H and O–H groups in total. The lowest BCUT2D eigenvalue weighted by Gasteiger charge is -2.28. The summed E-state index contributed by atoms with van der Waals surface area (Å²) in [6.45, 7) is 1.84. The Balaban J connectivity index is 2.26.